The van der Waals surface area contributed by atoms with Gasteiger partial charge in [0.25, 0.3) is 0 Å². The smallest absolute Gasteiger partial charge is 0.243 e. The zero-order valence-electron chi connectivity index (χ0n) is 9.97. The van der Waals surface area contributed by atoms with E-state index in [0.29, 0.717) is 6.54 Å². The van der Waals surface area contributed by atoms with Crippen LogP contribution in [0.25, 0.3) is 10.2 Å². The van der Waals surface area contributed by atoms with Crippen molar-refractivity contribution in [2.45, 2.75) is 6.04 Å². The van der Waals surface area contributed by atoms with E-state index in [9.17, 15) is 9.59 Å². The van der Waals surface area contributed by atoms with E-state index in [1.54, 1.807) is 5.51 Å². The summed E-state index contributed by atoms with van der Waals surface area (Å²) < 4.78 is 1.03. The number of nitrogens with one attached hydrogen (secondary N) is 3. The van der Waals surface area contributed by atoms with Gasteiger partial charge in [-0.3, -0.25) is 14.9 Å². The summed E-state index contributed by atoms with van der Waals surface area (Å²) in [6.45, 7) is 0.486. The Balaban J connectivity index is 1.70. The molecule has 2 aromatic rings. The SMILES string of the molecule is O=C1CNC(C(=O)Nc2ccc3ncsc3c2)CN1. The quantitative estimate of drug-likeness (QED) is 0.738. The highest BCUT2D eigenvalue weighted by Crippen LogP contribution is 2.21. The van der Waals surface area contributed by atoms with Crippen molar-refractivity contribution >= 4 is 39.1 Å². The standard InChI is InChI=1S/C12H12N4O2S/c17-11-5-13-9(4-14-11)12(18)16-7-1-2-8-10(3-7)19-6-15-8/h1-3,6,9,13H,4-5H2,(H,14,17)(H,16,18). The van der Waals surface area contributed by atoms with Crippen molar-refractivity contribution in [1.29, 1.82) is 0 Å². The molecule has 1 unspecified atom stereocenters. The van der Waals surface area contributed by atoms with Gasteiger partial charge in [-0.2, -0.15) is 0 Å². The summed E-state index contributed by atoms with van der Waals surface area (Å²) in [7, 11) is 0. The summed E-state index contributed by atoms with van der Waals surface area (Å²) in [5, 5.41) is 8.38. The van der Waals surface area contributed by atoms with Gasteiger partial charge in [0, 0.05) is 12.2 Å². The molecule has 1 aliphatic rings. The third kappa shape index (κ3) is 2.56. The molecule has 1 saturated heterocycles. The lowest BCUT2D eigenvalue weighted by atomic mass is 10.2. The van der Waals surface area contributed by atoms with Crippen LogP contribution in [-0.2, 0) is 9.59 Å². The van der Waals surface area contributed by atoms with Gasteiger partial charge in [-0.15, -0.1) is 11.3 Å². The molecule has 1 aromatic heterocycles. The Kier molecular flexibility index (Phi) is 3.14. The lowest BCUT2D eigenvalue weighted by Crippen LogP contribution is -2.56. The molecule has 1 aromatic carbocycles. The summed E-state index contributed by atoms with van der Waals surface area (Å²) in [6.07, 6.45) is 0. The van der Waals surface area contributed by atoms with E-state index < -0.39 is 6.04 Å². The maximum atomic E-state index is 12.0. The molecule has 0 spiro atoms. The highest BCUT2D eigenvalue weighted by Gasteiger charge is 2.23. The number of hydrogen-bond donors (Lipinski definition) is 3. The fourth-order valence-electron chi connectivity index (χ4n) is 1.91. The second-order valence-electron chi connectivity index (χ2n) is 4.26. The number of thiazole rings is 1. The molecule has 0 saturated carbocycles. The number of carbonyl (C=O) groups is 2. The summed E-state index contributed by atoms with van der Waals surface area (Å²) in [4.78, 5) is 27.2. The number of fused-ring (bicyclic) bond motifs is 1. The topological polar surface area (TPSA) is 83.1 Å². The van der Waals surface area contributed by atoms with Gasteiger partial charge in [-0.25, -0.2) is 4.98 Å². The average molecular weight is 276 g/mol. The predicted molar refractivity (Wildman–Crippen MR) is 73.1 cm³/mol. The van der Waals surface area contributed by atoms with Crippen LogP contribution in [0.5, 0.6) is 0 Å². The molecular weight excluding hydrogens is 264 g/mol. The third-order valence-electron chi connectivity index (χ3n) is 2.93. The van der Waals surface area contributed by atoms with Gasteiger partial charge in [0.15, 0.2) is 0 Å². The summed E-state index contributed by atoms with van der Waals surface area (Å²) in [5.41, 5.74) is 3.43. The van der Waals surface area contributed by atoms with Crippen LogP contribution in [0.4, 0.5) is 5.69 Å². The Morgan fingerprint density at radius 1 is 1.47 bits per heavy atom. The molecule has 0 bridgehead atoms. The Bertz CT molecular complexity index is 629. The van der Waals surface area contributed by atoms with Crippen molar-refractivity contribution in [1.82, 2.24) is 15.6 Å². The van der Waals surface area contributed by atoms with Gasteiger partial charge >= 0.3 is 0 Å². The molecule has 1 fully saturated rings. The molecular formula is C12H12N4O2S. The lowest BCUT2D eigenvalue weighted by molar-refractivity contribution is -0.124. The maximum Gasteiger partial charge on any atom is 0.243 e. The molecule has 3 N–H and O–H groups in total. The molecule has 3 rings (SSSR count). The zero-order valence-corrected chi connectivity index (χ0v) is 10.8. The number of amides is 2. The van der Waals surface area contributed by atoms with Gasteiger partial charge in [0.1, 0.15) is 6.04 Å². The van der Waals surface area contributed by atoms with Crippen molar-refractivity contribution in [3.05, 3.63) is 23.7 Å². The molecule has 6 nitrogen and oxygen atoms in total. The van der Waals surface area contributed by atoms with Crippen molar-refractivity contribution in [3.8, 4) is 0 Å². The molecule has 0 radical (unpaired) electrons. The fourth-order valence-corrected chi connectivity index (χ4v) is 2.63. The van der Waals surface area contributed by atoms with Gasteiger partial charge in [-0.1, -0.05) is 0 Å². The molecule has 1 atom stereocenters. The highest BCUT2D eigenvalue weighted by molar-refractivity contribution is 7.16. The fraction of sp³-hybridized carbons (Fsp3) is 0.250. The Hall–Kier alpha value is -1.99. The van der Waals surface area contributed by atoms with Crippen LogP contribution < -0.4 is 16.0 Å². The van der Waals surface area contributed by atoms with E-state index >= 15 is 0 Å². The third-order valence-corrected chi connectivity index (χ3v) is 3.72. The largest absolute Gasteiger partial charge is 0.353 e. The average Bonchev–Trinajstić information content (AvgIpc) is 2.87. The molecule has 98 valence electrons. The highest BCUT2D eigenvalue weighted by atomic mass is 32.1. The summed E-state index contributed by atoms with van der Waals surface area (Å²) in [6, 6.07) is 5.19. The minimum absolute atomic E-state index is 0.0878. The molecule has 7 heteroatoms. The Morgan fingerprint density at radius 3 is 3.16 bits per heavy atom. The monoisotopic (exact) mass is 276 g/mol. The second-order valence-corrected chi connectivity index (χ2v) is 5.15. The number of anilines is 1. The first-order chi connectivity index (χ1) is 9.22. The van der Waals surface area contributed by atoms with Crippen LogP contribution >= 0.6 is 11.3 Å². The number of benzene rings is 1. The normalized spacial score (nSPS) is 19.2. The number of rotatable bonds is 2. The van der Waals surface area contributed by atoms with Gasteiger partial charge in [0.2, 0.25) is 11.8 Å². The van der Waals surface area contributed by atoms with E-state index in [4.69, 9.17) is 0 Å². The van der Waals surface area contributed by atoms with Crippen LogP contribution in [0.2, 0.25) is 0 Å². The first-order valence-electron chi connectivity index (χ1n) is 5.86. The van der Waals surface area contributed by atoms with E-state index in [1.165, 1.54) is 11.3 Å². The number of carbonyl (C=O) groups excluding carboxylic acids is 2. The molecule has 2 heterocycles. The summed E-state index contributed by atoms with van der Waals surface area (Å²) >= 11 is 1.53. The van der Waals surface area contributed by atoms with E-state index in [-0.39, 0.29) is 18.4 Å². The van der Waals surface area contributed by atoms with Crippen LogP contribution in [0.15, 0.2) is 23.7 Å². The maximum absolute atomic E-state index is 12.0. The van der Waals surface area contributed by atoms with Crippen LogP contribution in [0.1, 0.15) is 0 Å². The van der Waals surface area contributed by atoms with E-state index in [1.807, 2.05) is 18.2 Å². The van der Waals surface area contributed by atoms with Gasteiger partial charge in [0.05, 0.1) is 22.3 Å². The van der Waals surface area contributed by atoms with Crippen LogP contribution in [-0.4, -0.2) is 35.9 Å². The van der Waals surface area contributed by atoms with Crippen LogP contribution in [0.3, 0.4) is 0 Å². The molecule has 2 amide bonds. The lowest BCUT2D eigenvalue weighted by Gasteiger charge is -2.23. The number of piperazine rings is 1. The van der Waals surface area contributed by atoms with Crippen molar-refractivity contribution in [2.24, 2.45) is 0 Å². The first-order valence-corrected chi connectivity index (χ1v) is 6.74. The van der Waals surface area contributed by atoms with E-state index in [0.717, 1.165) is 15.9 Å². The first kappa shape index (κ1) is 12.1. The number of hydrogen-bond acceptors (Lipinski definition) is 5. The predicted octanol–water partition coefficient (Wildman–Crippen LogP) is 0.323. The van der Waals surface area contributed by atoms with Crippen molar-refractivity contribution in [3.63, 3.8) is 0 Å². The second kappa shape index (κ2) is 4.94. The van der Waals surface area contributed by atoms with Crippen LogP contribution in [0, 0.1) is 0 Å². The van der Waals surface area contributed by atoms with Crippen molar-refractivity contribution < 1.29 is 9.59 Å². The molecule has 0 aliphatic carbocycles. The summed E-state index contributed by atoms with van der Waals surface area (Å²) in [5.74, 6) is -0.237. The Morgan fingerprint density at radius 2 is 2.37 bits per heavy atom. The number of aromatic nitrogens is 1. The Labute approximate surface area is 113 Å². The zero-order chi connectivity index (χ0) is 13.2. The molecule has 19 heavy (non-hydrogen) atoms. The number of nitrogens with zero attached hydrogens (tertiary/aromatic N) is 1. The minimum Gasteiger partial charge on any atom is -0.353 e. The molecule has 1 aliphatic heterocycles. The van der Waals surface area contributed by atoms with Gasteiger partial charge in [-0.05, 0) is 18.2 Å². The minimum atomic E-state index is -0.394. The van der Waals surface area contributed by atoms with Crippen molar-refractivity contribution in [2.75, 3.05) is 18.4 Å². The van der Waals surface area contributed by atoms with Gasteiger partial charge < -0.3 is 10.6 Å². The van der Waals surface area contributed by atoms with E-state index in [2.05, 4.69) is 20.9 Å².